The number of halogens is 3. The molecule has 0 aliphatic carbocycles. The van der Waals surface area contributed by atoms with E-state index >= 15 is 0 Å². The highest BCUT2D eigenvalue weighted by molar-refractivity contribution is 14.1. The van der Waals surface area contributed by atoms with Crippen LogP contribution in [0.3, 0.4) is 0 Å². The van der Waals surface area contributed by atoms with Crippen LogP contribution in [-0.4, -0.2) is 15.0 Å². The summed E-state index contributed by atoms with van der Waals surface area (Å²) < 4.78 is 0.651. The van der Waals surface area contributed by atoms with Gasteiger partial charge < -0.3 is 0 Å². The van der Waals surface area contributed by atoms with Crippen molar-refractivity contribution in [2.75, 3.05) is 0 Å². The van der Waals surface area contributed by atoms with E-state index < -0.39 is 0 Å². The maximum absolute atomic E-state index is 5.95. The maximum Gasteiger partial charge on any atom is 0.181 e. The van der Waals surface area contributed by atoms with Crippen LogP contribution in [0.25, 0.3) is 11.5 Å². The Kier molecular flexibility index (Phi) is 3.61. The Labute approximate surface area is 116 Å². The summed E-state index contributed by atoms with van der Waals surface area (Å²) in [5.41, 5.74) is 1.68. The number of rotatable bonds is 1. The van der Waals surface area contributed by atoms with Crippen molar-refractivity contribution in [1.29, 1.82) is 0 Å². The SMILES string of the molecule is Cc1cccnc1-c1nc(Cl)c(I)c(Cl)n1. The molecule has 2 rings (SSSR count). The summed E-state index contributed by atoms with van der Waals surface area (Å²) in [7, 11) is 0. The Morgan fingerprint density at radius 1 is 1.19 bits per heavy atom. The third-order valence-electron chi connectivity index (χ3n) is 1.99. The number of aryl methyl sites for hydroxylation is 1. The Hall–Kier alpha value is -0.460. The van der Waals surface area contributed by atoms with Gasteiger partial charge in [-0.25, -0.2) is 9.97 Å². The van der Waals surface area contributed by atoms with Gasteiger partial charge >= 0.3 is 0 Å². The molecule has 2 aromatic rings. The predicted octanol–water partition coefficient (Wildman–Crippen LogP) is 3.76. The summed E-state index contributed by atoms with van der Waals surface area (Å²) in [6, 6.07) is 3.79. The standard InChI is InChI=1S/C10H6Cl2IN3/c1-5-3-2-4-14-7(5)10-15-8(11)6(13)9(12)16-10/h2-4H,1H3. The molecule has 0 saturated heterocycles. The summed E-state index contributed by atoms with van der Waals surface area (Å²) >= 11 is 13.9. The van der Waals surface area contributed by atoms with Gasteiger partial charge in [-0.15, -0.1) is 0 Å². The van der Waals surface area contributed by atoms with Gasteiger partial charge in [0.1, 0.15) is 16.0 Å². The average Bonchev–Trinajstić information content (AvgIpc) is 2.26. The van der Waals surface area contributed by atoms with Gasteiger partial charge in [0.15, 0.2) is 5.82 Å². The lowest BCUT2D eigenvalue weighted by Crippen LogP contribution is -1.97. The number of pyridine rings is 1. The maximum atomic E-state index is 5.95. The molecular weight excluding hydrogens is 360 g/mol. The highest BCUT2D eigenvalue weighted by atomic mass is 127. The second kappa shape index (κ2) is 4.81. The molecule has 82 valence electrons. The first-order valence-electron chi connectivity index (χ1n) is 4.40. The lowest BCUT2D eigenvalue weighted by atomic mass is 10.2. The van der Waals surface area contributed by atoms with Crippen molar-refractivity contribution in [3.05, 3.63) is 37.8 Å². The van der Waals surface area contributed by atoms with Gasteiger partial charge in [0, 0.05) is 6.20 Å². The Morgan fingerprint density at radius 3 is 2.38 bits per heavy atom. The van der Waals surface area contributed by atoms with E-state index in [1.807, 2.05) is 41.6 Å². The first kappa shape index (κ1) is 12.0. The Balaban J connectivity index is 2.62. The highest BCUT2D eigenvalue weighted by Gasteiger charge is 2.12. The van der Waals surface area contributed by atoms with Gasteiger partial charge in [-0.1, -0.05) is 29.3 Å². The summed E-state index contributed by atoms with van der Waals surface area (Å²) in [4.78, 5) is 12.5. The monoisotopic (exact) mass is 365 g/mol. The molecule has 2 aromatic heterocycles. The van der Waals surface area contributed by atoms with Gasteiger partial charge in [0.25, 0.3) is 0 Å². The molecule has 2 heterocycles. The van der Waals surface area contributed by atoms with Crippen molar-refractivity contribution in [3.63, 3.8) is 0 Å². The van der Waals surface area contributed by atoms with E-state index in [4.69, 9.17) is 23.2 Å². The molecule has 16 heavy (non-hydrogen) atoms. The minimum absolute atomic E-state index is 0.348. The van der Waals surface area contributed by atoms with Crippen LogP contribution in [0, 0.1) is 10.5 Å². The smallest absolute Gasteiger partial charge is 0.181 e. The van der Waals surface area contributed by atoms with Crippen LogP contribution in [0.1, 0.15) is 5.56 Å². The molecule has 0 atom stereocenters. The van der Waals surface area contributed by atoms with Crippen LogP contribution in [0.4, 0.5) is 0 Å². The van der Waals surface area contributed by atoms with Crippen LogP contribution >= 0.6 is 45.8 Å². The fourth-order valence-corrected chi connectivity index (χ4v) is 1.85. The molecule has 0 fully saturated rings. The molecule has 0 spiro atoms. The lowest BCUT2D eigenvalue weighted by molar-refractivity contribution is 1.11. The van der Waals surface area contributed by atoms with Crippen LogP contribution in [-0.2, 0) is 0 Å². The van der Waals surface area contributed by atoms with Crippen molar-refractivity contribution >= 4 is 45.8 Å². The van der Waals surface area contributed by atoms with Gasteiger partial charge in [-0.2, -0.15) is 0 Å². The summed E-state index contributed by atoms with van der Waals surface area (Å²) in [6.07, 6.45) is 1.69. The fourth-order valence-electron chi connectivity index (χ4n) is 1.22. The highest BCUT2D eigenvalue weighted by Crippen LogP contribution is 2.26. The zero-order chi connectivity index (χ0) is 11.7. The van der Waals surface area contributed by atoms with E-state index in [0.29, 0.717) is 25.4 Å². The molecule has 0 aliphatic rings. The second-order valence-corrected chi connectivity index (χ2v) is 4.91. The van der Waals surface area contributed by atoms with Crippen LogP contribution in [0.15, 0.2) is 18.3 Å². The van der Waals surface area contributed by atoms with Crippen molar-refractivity contribution in [2.24, 2.45) is 0 Å². The van der Waals surface area contributed by atoms with E-state index in [1.54, 1.807) is 6.20 Å². The molecule has 0 aromatic carbocycles. The van der Waals surface area contributed by atoms with Crippen molar-refractivity contribution in [1.82, 2.24) is 15.0 Å². The van der Waals surface area contributed by atoms with Crippen LogP contribution in [0.2, 0.25) is 10.3 Å². The molecule has 0 N–H and O–H groups in total. The number of aromatic nitrogens is 3. The largest absolute Gasteiger partial charge is 0.253 e. The third-order valence-corrected chi connectivity index (χ3v) is 4.20. The van der Waals surface area contributed by atoms with Crippen molar-refractivity contribution in [2.45, 2.75) is 6.92 Å². The summed E-state index contributed by atoms with van der Waals surface area (Å²) in [5, 5.41) is 0.696. The Bertz CT molecular complexity index is 522. The minimum Gasteiger partial charge on any atom is -0.253 e. The van der Waals surface area contributed by atoms with E-state index in [-0.39, 0.29) is 0 Å². The quantitative estimate of drug-likeness (QED) is 0.570. The van der Waals surface area contributed by atoms with Gasteiger partial charge in [0.2, 0.25) is 0 Å². The number of nitrogens with zero attached hydrogens (tertiary/aromatic N) is 3. The Morgan fingerprint density at radius 2 is 1.81 bits per heavy atom. The van der Waals surface area contributed by atoms with Crippen molar-refractivity contribution in [3.8, 4) is 11.5 Å². The molecule has 0 amide bonds. The molecular formula is C10H6Cl2IN3. The average molecular weight is 366 g/mol. The predicted molar refractivity (Wildman–Crippen MR) is 72.7 cm³/mol. The lowest BCUT2D eigenvalue weighted by Gasteiger charge is -2.05. The number of hydrogen-bond donors (Lipinski definition) is 0. The topological polar surface area (TPSA) is 38.7 Å². The van der Waals surface area contributed by atoms with Gasteiger partial charge in [-0.3, -0.25) is 4.98 Å². The summed E-state index contributed by atoms with van der Waals surface area (Å²) in [5.74, 6) is 0.452. The van der Waals surface area contributed by atoms with E-state index in [2.05, 4.69) is 15.0 Å². The molecule has 6 heteroatoms. The molecule has 0 saturated carbocycles. The third kappa shape index (κ3) is 2.28. The normalized spacial score (nSPS) is 10.5. The van der Waals surface area contributed by atoms with Crippen LogP contribution < -0.4 is 0 Å². The molecule has 0 bridgehead atoms. The second-order valence-electron chi connectivity index (χ2n) is 3.11. The summed E-state index contributed by atoms with van der Waals surface area (Å²) in [6.45, 7) is 1.94. The van der Waals surface area contributed by atoms with Gasteiger partial charge in [-0.05, 0) is 41.1 Å². The van der Waals surface area contributed by atoms with Crippen LogP contribution in [0.5, 0.6) is 0 Å². The van der Waals surface area contributed by atoms with Crippen molar-refractivity contribution < 1.29 is 0 Å². The number of hydrogen-bond acceptors (Lipinski definition) is 3. The molecule has 0 radical (unpaired) electrons. The zero-order valence-corrected chi connectivity index (χ0v) is 11.9. The molecule has 0 aliphatic heterocycles. The molecule has 3 nitrogen and oxygen atoms in total. The first-order valence-corrected chi connectivity index (χ1v) is 6.23. The zero-order valence-electron chi connectivity index (χ0n) is 8.21. The van der Waals surface area contributed by atoms with E-state index in [9.17, 15) is 0 Å². The first-order chi connectivity index (χ1) is 7.59. The van der Waals surface area contributed by atoms with Gasteiger partial charge in [0.05, 0.1) is 3.57 Å². The molecule has 0 unspecified atom stereocenters. The minimum atomic E-state index is 0.348. The van der Waals surface area contributed by atoms with E-state index in [1.165, 1.54) is 0 Å². The van der Waals surface area contributed by atoms with E-state index in [0.717, 1.165) is 5.56 Å². The fraction of sp³-hybridized carbons (Fsp3) is 0.100.